The summed E-state index contributed by atoms with van der Waals surface area (Å²) in [4.78, 5) is 2.77. The Kier molecular flexibility index (Phi) is 8.59. The molecule has 1 aliphatic heterocycles. The van der Waals surface area contributed by atoms with E-state index in [1.165, 1.54) is 35.3 Å². The number of nitriles is 1. The molecule has 1 aliphatic carbocycles. The number of hydrogen-bond donors (Lipinski definition) is 1. The van der Waals surface area contributed by atoms with Gasteiger partial charge in [0.15, 0.2) is 0 Å². The SMILES string of the molecule is N#Cc1ccc(Sc2cc(Cl)cc(Cl)c2)c(S(=O)(=O)N2CCN(C3CCCC3)CC2)c1CS(=O)(=O)O. The first kappa shape index (κ1) is 27.7. The molecule has 0 spiro atoms. The summed E-state index contributed by atoms with van der Waals surface area (Å²) < 4.78 is 62.6. The van der Waals surface area contributed by atoms with Gasteiger partial charge in [-0.1, -0.05) is 47.8 Å². The number of benzene rings is 2. The van der Waals surface area contributed by atoms with E-state index in [4.69, 9.17) is 23.2 Å². The predicted molar refractivity (Wildman–Crippen MR) is 140 cm³/mol. The monoisotopic (exact) mass is 589 g/mol. The van der Waals surface area contributed by atoms with E-state index >= 15 is 0 Å². The number of halogens is 2. The molecule has 0 atom stereocenters. The fraction of sp³-hybridized carbons (Fsp3) is 0.435. The smallest absolute Gasteiger partial charge is 0.269 e. The fourth-order valence-corrected chi connectivity index (χ4v) is 9.37. The minimum Gasteiger partial charge on any atom is -0.298 e. The average Bonchev–Trinajstić information content (AvgIpc) is 3.32. The van der Waals surface area contributed by atoms with Crippen LogP contribution in [-0.2, 0) is 25.9 Å². The molecule has 194 valence electrons. The number of nitrogens with zero attached hydrogens (tertiary/aromatic N) is 3. The fourth-order valence-electron chi connectivity index (χ4n) is 4.82. The van der Waals surface area contributed by atoms with Crippen molar-refractivity contribution in [2.75, 3.05) is 26.2 Å². The van der Waals surface area contributed by atoms with Crippen LogP contribution < -0.4 is 0 Å². The molecule has 0 amide bonds. The van der Waals surface area contributed by atoms with Gasteiger partial charge in [-0.2, -0.15) is 18.0 Å². The molecule has 1 N–H and O–H groups in total. The highest BCUT2D eigenvalue weighted by Gasteiger charge is 2.36. The molecular formula is C23H25Cl2N3O5S3. The summed E-state index contributed by atoms with van der Waals surface area (Å²) in [5, 5.41) is 10.3. The molecule has 36 heavy (non-hydrogen) atoms. The Labute approximate surface area is 226 Å². The molecule has 8 nitrogen and oxygen atoms in total. The van der Waals surface area contributed by atoms with E-state index in [1.54, 1.807) is 12.1 Å². The Hall–Kier alpha value is -1.36. The summed E-state index contributed by atoms with van der Waals surface area (Å²) in [7, 11) is -8.86. The molecule has 1 saturated heterocycles. The van der Waals surface area contributed by atoms with Gasteiger partial charge in [0, 0.05) is 57.6 Å². The van der Waals surface area contributed by atoms with Crippen molar-refractivity contribution in [3.63, 3.8) is 0 Å². The van der Waals surface area contributed by atoms with Crippen LogP contribution in [0, 0.1) is 11.3 Å². The highest BCUT2D eigenvalue weighted by molar-refractivity contribution is 8.00. The summed E-state index contributed by atoms with van der Waals surface area (Å²) in [6.45, 7) is 1.63. The lowest BCUT2D eigenvalue weighted by atomic mass is 10.1. The normalized spacial score (nSPS) is 18.4. The second-order valence-electron chi connectivity index (χ2n) is 8.84. The van der Waals surface area contributed by atoms with Crippen LogP contribution >= 0.6 is 35.0 Å². The number of rotatable bonds is 7. The van der Waals surface area contributed by atoms with Crippen LogP contribution in [-0.4, -0.2) is 62.8 Å². The van der Waals surface area contributed by atoms with Gasteiger partial charge in [0.05, 0.1) is 11.6 Å². The summed E-state index contributed by atoms with van der Waals surface area (Å²) in [5.74, 6) is -1.00. The van der Waals surface area contributed by atoms with Crippen molar-refractivity contribution >= 4 is 55.1 Å². The van der Waals surface area contributed by atoms with Gasteiger partial charge in [0.2, 0.25) is 10.0 Å². The second-order valence-corrected chi connectivity index (χ2v) is 14.2. The maximum absolute atomic E-state index is 14.0. The number of piperazine rings is 1. The third-order valence-electron chi connectivity index (χ3n) is 6.45. The van der Waals surface area contributed by atoms with E-state index < -0.39 is 25.9 Å². The Bertz CT molecular complexity index is 1380. The maximum atomic E-state index is 14.0. The molecule has 0 aromatic heterocycles. The molecular weight excluding hydrogens is 565 g/mol. The Morgan fingerprint density at radius 3 is 2.17 bits per heavy atom. The first-order valence-electron chi connectivity index (χ1n) is 11.4. The van der Waals surface area contributed by atoms with Gasteiger partial charge in [0.25, 0.3) is 10.1 Å². The first-order chi connectivity index (χ1) is 17.0. The van der Waals surface area contributed by atoms with Crippen LogP contribution in [0.2, 0.25) is 10.0 Å². The molecule has 2 fully saturated rings. The van der Waals surface area contributed by atoms with Crippen LogP contribution in [0.5, 0.6) is 0 Å². The van der Waals surface area contributed by atoms with Crippen molar-refractivity contribution in [2.24, 2.45) is 0 Å². The molecule has 0 radical (unpaired) electrons. The predicted octanol–water partition coefficient (Wildman–Crippen LogP) is 4.65. The van der Waals surface area contributed by atoms with Crippen LogP contribution in [0.1, 0.15) is 36.8 Å². The molecule has 2 aromatic rings. The molecule has 4 rings (SSSR count). The molecule has 2 aliphatic rings. The standard InChI is InChI=1S/C23H25Cl2N3O5S3/c24-17-11-18(25)13-20(12-17)34-22-6-5-16(14-26)21(15-35(29,30)31)23(22)36(32,33)28-9-7-27(8-10-28)19-3-1-2-4-19/h5-6,11-13,19H,1-4,7-10,15H2,(H,29,30,31). The van der Waals surface area contributed by atoms with Crippen molar-refractivity contribution in [1.29, 1.82) is 5.26 Å². The van der Waals surface area contributed by atoms with Crippen LogP contribution in [0.25, 0.3) is 0 Å². The van der Waals surface area contributed by atoms with Gasteiger partial charge < -0.3 is 0 Å². The van der Waals surface area contributed by atoms with Crippen LogP contribution in [0.15, 0.2) is 45.0 Å². The Balaban J connectivity index is 1.77. The van der Waals surface area contributed by atoms with Gasteiger partial charge in [-0.25, -0.2) is 8.42 Å². The van der Waals surface area contributed by atoms with E-state index in [0.717, 1.165) is 24.6 Å². The lowest BCUT2D eigenvalue weighted by molar-refractivity contribution is 0.139. The molecule has 0 unspecified atom stereocenters. The van der Waals surface area contributed by atoms with E-state index in [2.05, 4.69) is 4.90 Å². The van der Waals surface area contributed by atoms with E-state index in [-0.39, 0.29) is 34.0 Å². The lowest BCUT2D eigenvalue weighted by Gasteiger charge is -2.37. The largest absolute Gasteiger partial charge is 0.298 e. The average molecular weight is 591 g/mol. The Morgan fingerprint density at radius 2 is 1.61 bits per heavy atom. The highest BCUT2D eigenvalue weighted by atomic mass is 35.5. The zero-order valence-electron chi connectivity index (χ0n) is 19.2. The first-order valence-corrected chi connectivity index (χ1v) is 16.0. The summed E-state index contributed by atoms with van der Waals surface area (Å²) >= 11 is 13.3. The van der Waals surface area contributed by atoms with Crippen LogP contribution in [0.3, 0.4) is 0 Å². The molecule has 1 saturated carbocycles. The second kappa shape index (κ2) is 11.2. The number of hydrogen-bond acceptors (Lipinski definition) is 7. The van der Waals surface area contributed by atoms with E-state index in [1.807, 2.05) is 6.07 Å². The molecule has 1 heterocycles. The maximum Gasteiger partial charge on any atom is 0.269 e. The summed E-state index contributed by atoms with van der Waals surface area (Å²) in [6.07, 6.45) is 4.57. The van der Waals surface area contributed by atoms with Crippen molar-refractivity contribution in [1.82, 2.24) is 9.21 Å². The van der Waals surface area contributed by atoms with Crippen molar-refractivity contribution in [3.05, 3.63) is 51.5 Å². The molecule has 0 bridgehead atoms. The quantitative estimate of drug-likeness (QED) is 0.463. The van der Waals surface area contributed by atoms with Gasteiger partial charge in [0.1, 0.15) is 10.6 Å². The summed E-state index contributed by atoms with van der Waals surface area (Å²) in [5.41, 5.74) is -0.388. The zero-order valence-corrected chi connectivity index (χ0v) is 23.2. The van der Waals surface area contributed by atoms with Crippen molar-refractivity contribution in [3.8, 4) is 6.07 Å². The van der Waals surface area contributed by atoms with Gasteiger partial charge in [-0.3, -0.25) is 9.45 Å². The molecule has 13 heteroatoms. The van der Waals surface area contributed by atoms with Gasteiger partial charge >= 0.3 is 0 Å². The summed E-state index contributed by atoms with van der Waals surface area (Å²) in [6, 6.07) is 9.90. The van der Waals surface area contributed by atoms with Gasteiger partial charge in [-0.05, 0) is 43.2 Å². The van der Waals surface area contributed by atoms with Gasteiger partial charge in [-0.15, -0.1) is 0 Å². The minimum absolute atomic E-state index is 0.135. The third-order valence-corrected chi connectivity index (χ3v) is 10.7. The van der Waals surface area contributed by atoms with Crippen LogP contribution in [0.4, 0.5) is 0 Å². The molecule has 2 aromatic carbocycles. The lowest BCUT2D eigenvalue weighted by Crippen LogP contribution is -2.51. The topological polar surface area (TPSA) is 119 Å². The van der Waals surface area contributed by atoms with Crippen molar-refractivity contribution < 1.29 is 21.4 Å². The zero-order chi connectivity index (χ0) is 26.1. The van der Waals surface area contributed by atoms with Crippen molar-refractivity contribution in [2.45, 2.75) is 52.2 Å². The minimum atomic E-state index is -4.64. The highest BCUT2D eigenvalue weighted by Crippen LogP contribution is 2.40. The number of sulfonamides is 1. The van der Waals surface area contributed by atoms with E-state index in [9.17, 15) is 26.7 Å². The van der Waals surface area contributed by atoms with E-state index in [0.29, 0.717) is 34.1 Å². The third kappa shape index (κ3) is 6.37. The Morgan fingerprint density at radius 1 is 1.00 bits per heavy atom.